The Labute approximate surface area is 99.8 Å². The van der Waals surface area contributed by atoms with Gasteiger partial charge < -0.3 is 10.2 Å². The van der Waals surface area contributed by atoms with Crippen molar-refractivity contribution in [2.75, 3.05) is 0 Å². The van der Waals surface area contributed by atoms with Crippen LogP contribution < -0.4 is 5.32 Å². The lowest BCUT2D eigenvalue weighted by molar-refractivity contribution is -0.148. The van der Waals surface area contributed by atoms with E-state index in [9.17, 15) is 9.59 Å². The van der Waals surface area contributed by atoms with Crippen molar-refractivity contribution in [3.8, 4) is 0 Å². The first-order valence-corrected chi connectivity index (χ1v) is 5.59. The zero-order valence-corrected chi connectivity index (χ0v) is 9.88. The molecule has 1 aromatic rings. The number of hydrogen-bond donors (Lipinski definition) is 1. The molecule has 90 valence electrons. The van der Waals surface area contributed by atoms with Gasteiger partial charge in [-0.2, -0.15) is 0 Å². The van der Waals surface area contributed by atoms with E-state index in [0.717, 1.165) is 5.56 Å². The van der Waals surface area contributed by atoms with E-state index in [0.29, 0.717) is 6.54 Å². The predicted molar refractivity (Wildman–Crippen MR) is 61.9 cm³/mol. The molecule has 1 aromatic heterocycles. The normalized spacial score (nSPS) is 24.7. The third-order valence-electron chi connectivity index (χ3n) is 2.93. The molecule has 2 heterocycles. The van der Waals surface area contributed by atoms with Gasteiger partial charge in [-0.3, -0.25) is 14.6 Å². The maximum atomic E-state index is 12.0. The third-order valence-corrected chi connectivity index (χ3v) is 2.93. The minimum absolute atomic E-state index is 0.0547. The smallest absolute Gasteiger partial charge is 0.245 e. The van der Waals surface area contributed by atoms with Gasteiger partial charge in [-0.1, -0.05) is 6.07 Å². The number of aromatic nitrogens is 1. The van der Waals surface area contributed by atoms with E-state index in [1.54, 1.807) is 31.1 Å². The molecule has 5 heteroatoms. The highest BCUT2D eigenvalue weighted by molar-refractivity contribution is 5.96. The summed E-state index contributed by atoms with van der Waals surface area (Å²) in [6, 6.07) is 2.83. The number of piperazine rings is 1. The van der Waals surface area contributed by atoms with E-state index >= 15 is 0 Å². The fraction of sp³-hybridized carbons (Fsp3) is 0.417. The second-order valence-electron chi connectivity index (χ2n) is 4.23. The minimum Gasteiger partial charge on any atom is -0.343 e. The molecule has 1 fully saturated rings. The zero-order chi connectivity index (χ0) is 12.4. The Kier molecular flexibility index (Phi) is 3.08. The van der Waals surface area contributed by atoms with Crippen LogP contribution in [0.25, 0.3) is 0 Å². The number of amides is 2. The van der Waals surface area contributed by atoms with Gasteiger partial charge >= 0.3 is 0 Å². The molecule has 0 radical (unpaired) electrons. The van der Waals surface area contributed by atoms with Crippen molar-refractivity contribution in [1.29, 1.82) is 0 Å². The molecule has 0 saturated carbocycles. The standard InChI is InChI=1S/C12H15N3O2/c1-8-12(17)15(9(2)11(16)14-8)7-10-4-3-5-13-6-10/h3-6,8-9H,7H2,1-2H3,(H,14,16). The SMILES string of the molecule is CC1NC(=O)C(C)N(Cc2cccnc2)C1=O. The maximum absolute atomic E-state index is 12.0. The molecule has 0 spiro atoms. The largest absolute Gasteiger partial charge is 0.343 e. The lowest BCUT2D eigenvalue weighted by Gasteiger charge is -2.36. The van der Waals surface area contributed by atoms with E-state index in [4.69, 9.17) is 0 Å². The van der Waals surface area contributed by atoms with Gasteiger partial charge in [-0.25, -0.2) is 0 Å². The highest BCUT2D eigenvalue weighted by atomic mass is 16.2. The third kappa shape index (κ3) is 2.27. The number of carbonyl (C=O) groups is 2. The first-order chi connectivity index (χ1) is 8.09. The van der Waals surface area contributed by atoms with Crippen LogP contribution in [0.4, 0.5) is 0 Å². The molecule has 5 nitrogen and oxygen atoms in total. The summed E-state index contributed by atoms with van der Waals surface area (Å²) in [6.45, 7) is 3.85. The van der Waals surface area contributed by atoms with Crippen molar-refractivity contribution in [3.05, 3.63) is 30.1 Å². The molecule has 2 unspecified atom stereocenters. The average Bonchev–Trinajstić information content (AvgIpc) is 2.33. The van der Waals surface area contributed by atoms with Crippen molar-refractivity contribution >= 4 is 11.8 Å². The number of pyridine rings is 1. The molecule has 2 atom stereocenters. The molecule has 0 aromatic carbocycles. The minimum atomic E-state index is -0.449. The van der Waals surface area contributed by atoms with Crippen LogP contribution in [0.3, 0.4) is 0 Å². The van der Waals surface area contributed by atoms with Crippen molar-refractivity contribution in [1.82, 2.24) is 15.2 Å². The maximum Gasteiger partial charge on any atom is 0.245 e. The molecular weight excluding hydrogens is 218 g/mol. The summed E-state index contributed by atoms with van der Waals surface area (Å²) in [4.78, 5) is 29.2. The molecule has 1 saturated heterocycles. The average molecular weight is 233 g/mol. The van der Waals surface area contributed by atoms with Crippen LogP contribution in [0, 0.1) is 0 Å². The summed E-state index contributed by atoms with van der Waals surface area (Å²) in [5.74, 6) is -0.165. The van der Waals surface area contributed by atoms with Crippen LogP contribution in [0.2, 0.25) is 0 Å². The van der Waals surface area contributed by atoms with Crippen molar-refractivity contribution in [2.24, 2.45) is 0 Å². The molecule has 17 heavy (non-hydrogen) atoms. The van der Waals surface area contributed by atoms with E-state index in [-0.39, 0.29) is 11.8 Å². The summed E-state index contributed by atoms with van der Waals surface area (Å²) in [6.07, 6.45) is 3.39. The zero-order valence-electron chi connectivity index (χ0n) is 9.88. The van der Waals surface area contributed by atoms with Gasteiger partial charge in [0.05, 0.1) is 0 Å². The van der Waals surface area contributed by atoms with Crippen molar-refractivity contribution in [3.63, 3.8) is 0 Å². The Morgan fingerprint density at radius 1 is 1.41 bits per heavy atom. The van der Waals surface area contributed by atoms with Gasteiger partial charge in [0.1, 0.15) is 12.1 Å². The molecule has 1 N–H and O–H groups in total. The summed E-state index contributed by atoms with van der Waals surface area (Å²) in [5, 5.41) is 2.65. The number of rotatable bonds is 2. The lowest BCUT2D eigenvalue weighted by Crippen LogP contribution is -2.60. The van der Waals surface area contributed by atoms with E-state index in [1.807, 2.05) is 12.1 Å². The quantitative estimate of drug-likeness (QED) is 0.800. The molecule has 2 amide bonds. The first kappa shape index (κ1) is 11.6. The van der Waals surface area contributed by atoms with Crippen LogP contribution in [0.5, 0.6) is 0 Å². The molecular formula is C12H15N3O2. The van der Waals surface area contributed by atoms with Gasteiger partial charge in [0.2, 0.25) is 11.8 Å². The van der Waals surface area contributed by atoms with Gasteiger partial charge in [-0.05, 0) is 25.5 Å². The fourth-order valence-electron chi connectivity index (χ4n) is 1.88. The van der Waals surface area contributed by atoms with Crippen molar-refractivity contribution < 1.29 is 9.59 Å². The van der Waals surface area contributed by atoms with E-state index < -0.39 is 12.1 Å². The molecule has 2 rings (SSSR count). The highest BCUT2D eigenvalue weighted by Gasteiger charge is 2.35. The number of hydrogen-bond acceptors (Lipinski definition) is 3. The van der Waals surface area contributed by atoms with Crippen LogP contribution in [0.1, 0.15) is 19.4 Å². The Hall–Kier alpha value is -1.91. The fourth-order valence-corrected chi connectivity index (χ4v) is 1.88. The Morgan fingerprint density at radius 3 is 2.82 bits per heavy atom. The Bertz CT molecular complexity index is 433. The van der Waals surface area contributed by atoms with Crippen LogP contribution in [-0.2, 0) is 16.1 Å². The van der Waals surface area contributed by atoms with Gasteiger partial charge in [0.25, 0.3) is 0 Å². The van der Waals surface area contributed by atoms with Crippen LogP contribution >= 0.6 is 0 Å². The van der Waals surface area contributed by atoms with E-state index in [2.05, 4.69) is 10.3 Å². The molecule has 1 aliphatic rings. The predicted octanol–water partition coefficient (Wildman–Crippen LogP) is 0.317. The molecule has 1 aliphatic heterocycles. The summed E-state index contributed by atoms with van der Waals surface area (Å²) in [7, 11) is 0. The Balaban J connectivity index is 2.18. The topological polar surface area (TPSA) is 62.3 Å². The number of nitrogens with zero attached hydrogens (tertiary/aromatic N) is 2. The highest BCUT2D eigenvalue weighted by Crippen LogP contribution is 2.13. The summed E-state index contributed by atoms with van der Waals surface area (Å²) >= 11 is 0. The van der Waals surface area contributed by atoms with Gasteiger partial charge in [0, 0.05) is 18.9 Å². The van der Waals surface area contributed by atoms with Gasteiger partial charge in [0.15, 0.2) is 0 Å². The summed E-state index contributed by atoms with van der Waals surface area (Å²) < 4.78 is 0. The van der Waals surface area contributed by atoms with Crippen LogP contribution in [0.15, 0.2) is 24.5 Å². The first-order valence-electron chi connectivity index (χ1n) is 5.59. The Morgan fingerprint density at radius 2 is 2.18 bits per heavy atom. The van der Waals surface area contributed by atoms with Crippen molar-refractivity contribution in [2.45, 2.75) is 32.5 Å². The second-order valence-corrected chi connectivity index (χ2v) is 4.23. The summed E-state index contributed by atoms with van der Waals surface area (Å²) in [5.41, 5.74) is 0.926. The molecule has 0 aliphatic carbocycles. The second kappa shape index (κ2) is 4.53. The number of carbonyl (C=O) groups excluding carboxylic acids is 2. The van der Waals surface area contributed by atoms with Crippen LogP contribution in [-0.4, -0.2) is 33.8 Å². The lowest BCUT2D eigenvalue weighted by atomic mass is 10.1. The van der Waals surface area contributed by atoms with Gasteiger partial charge in [-0.15, -0.1) is 0 Å². The number of nitrogens with one attached hydrogen (secondary N) is 1. The monoisotopic (exact) mass is 233 g/mol. The van der Waals surface area contributed by atoms with E-state index in [1.165, 1.54) is 0 Å². The molecule has 0 bridgehead atoms.